The normalized spacial score (nSPS) is 11.8. The van der Waals surface area contributed by atoms with E-state index >= 15 is 0 Å². The van der Waals surface area contributed by atoms with Crippen LogP contribution in [0.2, 0.25) is 0 Å². The van der Waals surface area contributed by atoms with Crippen molar-refractivity contribution in [3.8, 4) is 0 Å². The summed E-state index contributed by atoms with van der Waals surface area (Å²) in [6.07, 6.45) is 0. The maximum absolute atomic E-state index is 12.9. The Morgan fingerprint density at radius 3 is 1.84 bits per heavy atom. The van der Waals surface area contributed by atoms with Gasteiger partial charge in [-0.2, -0.15) is 0 Å². The van der Waals surface area contributed by atoms with Crippen molar-refractivity contribution in [2.75, 3.05) is 4.72 Å². The standard InChI is InChI=1S/C21H20N2O6S2/c1-15-3-8-19(9-4-15)30(26,27)14-17-13-18(23(24)25)7-12-21(17)22-31(28,29)20-10-5-16(2)6-11-20/h3-13,22H,14H2,1-2H3. The molecule has 3 rings (SSSR count). The average Bonchev–Trinajstić information content (AvgIpc) is 2.69. The van der Waals surface area contributed by atoms with E-state index in [0.29, 0.717) is 0 Å². The molecule has 162 valence electrons. The maximum atomic E-state index is 12.9. The van der Waals surface area contributed by atoms with E-state index in [-0.39, 0.29) is 26.7 Å². The number of hydrogen-bond donors (Lipinski definition) is 1. The molecule has 0 aromatic heterocycles. The van der Waals surface area contributed by atoms with Crippen LogP contribution in [-0.2, 0) is 25.6 Å². The fourth-order valence-corrected chi connectivity index (χ4v) is 5.33. The summed E-state index contributed by atoms with van der Waals surface area (Å²) in [5.41, 5.74) is 1.35. The van der Waals surface area contributed by atoms with Crippen LogP contribution in [0, 0.1) is 24.0 Å². The van der Waals surface area contributed by atoms with Crippen LogP contribution in [0.5, 0.6) is 0 Å². The number of benzene rings is 3. The number of aryl methyl sites for hydroxylation is 2. The highest BCUT2D eigenvalue weighted by Crippen LogP contribution is 2.28. The highest BCUT2D eigenvalue weighted by Gasteiger charge is 2.23. The molecule has 0 heterocycles. The van der Waals surface area contributed by atoms with Gasteiger partial charge in [-0.15, -0.1) is 0 Å². The first-order valence-electron chi connectivity index (χ1n) is 9.14. The van der Waals surface area contributed by atoms with Gasteiger partial charge in [-0.1, -0.05) is 35.4 Å². The minimum Gasteiger partial charge on any atom is -0.279 e. The predicted octanol–water partition coefficient (Wildman–Crippen LogP) is 3.99. The van der Waals surface area contributed by atoms with Crippen LogP contribution < -0.4 is 4.72 Å². The van der Waals surface area contributed by atoms with Crippen molar-refractivity contribution in [3.63, 3.8) is 0 Å². The zero-order valence-corrected chi connectivity index (χ0v) is 18.4. The fourth-order valence-electron chi connectivity index (χ4n) is 2.87. The van der Waals surface area contributed by atoms with Crippen LogP contribution in [0.15, 0.2) is 76.5 Å². The molecular formula is C21H20N2O6S2. The third-order valence-electron chi connectivity index (χ3n) is 4.60. The Kier molecular flexibility index (Phi) is 6.14. The molecule has 3 aromatic carbocycles. The van der Waals surface area contributed by atoms with E-state index in [1.54, 1.807) is 24.3 Å². The first-order valence-corrected chi connectivity index (χ1v) is 12.3. The Morgan fingerprint density at radius 1 is 0.806 bits per heavy atom. The van der Waals surface area contributed by atoms with Gasteiger partial charge in [0.25, 0.3) is 15.7 Å². The number of nitrogens with zero attached hydrogens (tertiary/aromatic N) is 1. The van der Waals surface area contributed by atoms with Crippen LogP contribution >= 0.6 is 0 Å². The molecule has 0 saturated heterocycles. The second-order valence-corrected chi connectivity index (χ2v) is 10.8. The summed E-state index contributed by atoms with van der Waals surface area (Å²) in [7, 11) is -7.90. The molecule has 0 radical (unpaired) electrons. The second kappa shape index (κ2) is 8.48. The quantitative estimate of drug-likeness (QED) is 0.420. The highest BCUT2D eigenvalue weighted by molar-refractivity contribution is 7.92. The van der Waals surface area contributed by atoms with Gasteiger partial charge in [-0.3, -0.25) is 14.8 Å². The Bertz CT molecular complexity index is 1330. The summed E-state index contributed by atoms with van der Waals surface area (Å²) in [4.78, 5) is 10.6. The van der Waals surface area contributed by atoms with Gasteiger partial charge in [0.2, 0.25) is 0 Å². The van der Waals surface area contributed by atoms with Crippen LogP contribution in [0.1, 0.15) is 16.7 Å². The zero-order valence-electron chi connectivity index (χ0n) is 16.8. The van der Waals surface area contributed by atoms with Crippen molar-refractivity contribution in [1.29, 1.82) is 0 Å². The molecule has 0 fully saturated rings. The van der Waals surface area contributed by atoms with Crippen LogP contribution in [0.25, 0.3) is 0 Å². The monoisotopic (exact) mass is 460 g/mol. The molecule has 0 spiro atoms. The third-order valence-corrected chi connectivity index (χ3v) is 7.66. The third kappa shape index (κ3) is 5.28. The number of nitro benzene ring substituents is 1. The maximum Gasteiger partial charge on any atom is 0.269 e. The number of sulfone groups is 1. The smallest absolute Gasteiger partial charge is 0.269 e. The Labute approximate surface area is 180 Å². The number of nitro groups is 1. The van der Waals surface area contributed by atoms with Gasteiger partial charge in [0.1, 0.15) is 0 Å². The second-order valence-electron chi connectivity index (χ2n) is 7.09. The van der Waals surface area contributed by atoms with Gasteiger partial charge in [-0.25, -0.2) is 16.8 Å². The van der Waals surface area contributed by atoms with Crippen molar-refractivity contribution < 1.29 is 21.8 Å². The van der Waals surface area contributed by atoms with Crippen LogP contribution in [0.3, 0.4) is 0 Å². The first-order chi connectivity index (χ1) is 14.5. The summed E-state index contributed by atoms with van der Waals surface area (Å²) in [5, 5.41) is 11.2. The van der Waals surface area contributed by atoms with E-state index < -0.39 is 30.5 Å². The van der Waals surface area contributed by atoms with Gasteiger partial charge in [-0.05, 0) is 49.7 Å². The van der Waals surface area contributed by atoms with Crippen molar-refractivity contribution >= 4 is 31.2 Å². The van der Waals surface area contributed by atoms with Crippen LogP contribution in [-0.4, -0.2) is 21.8 Å². The van der Waals surface area contributed by atoms with E-state index in [1.807, 2.05) is 13.8 Å². The minimum absolute atomic E-state index is 0.0104. The molecular weight excluding hydrogens is 440 g/mol. The molecule has 31 heavy (non-hydrogen) atoms. The van der Waals surface area contributed by atoms with Crippen molar-refractivity contribution in [2.45, 2.75) is 29.4 Å². The fraction of sp³-hybridized carbons (Fsp3) is 0.143. The zero-order chi connectivity index (χ0) is 22.8. The molecule has 1 N–H and O–H groups in total. The van der Waals surface area contributed by atoms with Crippen LogP contribution in [0.4, 0.5) is 11.4 Å². The Morgan fingerprint density at radius 2 is 1.32 bits per heavy atom. The number of hydrogen-bond acceptors (Lipinski definition) is 6. The van der Waals surface area contributed by atoms with E-state index in [2.05, 4.69) is 4.72 Å². The predicted molar refractivity (Wildman–Crippen MR) is 117 cm³/mol. The van der Waals surface area contributed by atoms with Gasteiger partial charge >= 0.3 is 0 Å². The van der Waals surface area contributed by atoms with Gasteiger partial charge in [0, 0.05) is 12.1 Å². The minimum atomic E-state index is -4.03. The molecule has 0 aliphatic carbocycles. The number of nitrogens with one attached hydrogen (secondary N) is 1. The molecule has 0 saturated carbocycles. The lowest BCUT2D eigenvalue weighted by atomic mass is 10.2. The highest BCUT2D eigenvalue weighted by atomic mass is 32.2. The summed E-state index contributed by atoms with van der Waals surface area (Å²) in [6, 6.07) is 15.7. The summed E-state index contributed by atoms with van der Waals surface area (Å²) in [5.74, 6) is -0.608. The summed E-state index contributed by atoms with van der Waals surface area (Å²) in [6.45, 7) is 3.63. The topological polar surface area (TPSA) is 123 Å². The summed E-state index contributed by atoms with van der Waals surface area (Å²) < 4.78 is 53.6. The van der Waals surface area contributed by atoms with E-state index in [9.17, 15) is 26.9 Å². The molecule has 3 aromatic rings. The average molecular weight is 461 g/mol. The molecule has 0 aliphatic heterocycles. The molecule has 10 heteroatoms. The number of sulfonamides is 1. The van der Waals surface area contributed by atoms with Gasteiger partial charge < -0.3 is 0 Å². The molecule has 0 amide bonds. The lowest BCUT2D eigenvalue weighted by molar-refractivity contribution is -0.384. The largest absolute Gasteiger partial charge is 0.279 e. The van der Waals surface area contributed by atoms with Crippen molar-refractivity contribution in [1.82, 2.24) is 0 Å². The molecule has 0 aliphatic rings. The molecule has 0 atom stereocenters. The number of rotatable bonds is 7. The van der Waals surface area contributed by atoms with E-state index in [4.69, 9.17) is 0 Å². The number of non-ortho nitro benzene ring substituents is 1. The van der Waals surface area contributed by atoms with Gasteiger partial charge in [0.05, 0.1) is 26.2 Å². The van der Waals surface area contributed by atoms with E-state index in [0.717, 1.165) is 23.3 Å². The van der Waals surface area contributed by atoms with Crippen molar-refractivity contribution in [3.05, 3.63) is 93.5 Å². The Hall–Kier alpha value is -3.24. The SMILES string of the molecule is Cc1ccc(S(=O)(=O)Cc2cc([N+](=O)[O-])ccc2NS(=O)(=O)c2ccc(C)cc2)cc1. The van der Waals surface area contributed by atoms with E-state index in [1.165, 1.54) is 30.3 Å². The molecule has 8 nitrogen and oxygen atoms in total. The van der Waals surface area contributed by atoms with Gasteiger partial charge in [0.15, 0.2) is 9.84 Å². The first kappa shape index (κ1) is 22.4. The summed E-state index contributed by atoms with van der Waals surface area (Å²) >= 11 is 0. The number of anilines is 1. The lowest BCUT2D eigenvalue weighted by Gasteiger charge is -2.13. The molecule has 0 bridgehead atoms. The Balaban J connectivity index is 2.02. The van der Waals surface area contributed by atoms with Crippen molar-refractivity contribution in [2.24, 2.45) is 0 Å². The molecule has 0 unspecified atom stereocenters. The lowest BCUT2D eigenvalue weighted by Crippen LogP contribution is -2.16.